The molecular formula is C20H19N5O4. The molecule has 9 heteroatoms. The average molecular weight is 393 g/mol. The van der Waals surface area contributed by atoms with E-state index in [-0.39, 0.29) is 17.3 Å². The second kappa shape index (κ2) is 8.34. The lowest BCUT2D eigenvalue weighted by atomic mass is 10.1. The third-order valence-electron chi connectivity index (χ3n) is 4.36. The molecule has 0 saturated carbocycles. The standard InChI is InChI=1S/C20H19N5O4/c1-14(26)23(2)13-15-5-3-4-6-18(15)21-20(27)19-11-12-24(22-19)16-7-9-17(10-8-16)25(28)29/h3-12H,13H2,1-2H3,(H,21,27). The minimum atomic E-state index is -0.479. The SMILES string of the molecule is CC(=O)N(C)Cc1ccccc1NC(=O)c1ccn(-c2ccc([N+](=O)[O-])cc2)n1. The zero-order valence-electron chi connectivity index (χ0n) is 15.9. The normalized spacial score (nSPS) is 10.4. The van der Waals surface area contributed by atoms with Crippen molar-refractivity contribution >= 4 is 23.2 Å². The van der Waals surface area contributed by atoms with Crippen molar-refractivity contribution in [2.24, 2.45) is 0 Å². The van der Waals surface area contributed by atoms with Crippen molar-refractivity contribution in [2.75, 3.05) is 12.4 Å². The van der Waals surface area contributed by atoms with E-state index in [0.29, 0.717) is 17.9 Å². The third-order valence-corrected chi connectivity index (χ3v) is 4.36. The topological polar surface area (TPSA) is 110 Å². The summed E-state index contributed by atoms with van der Waals surface area (Å²) in [4.78, 5) is 35.9. The fourth-order valence-electron chi connectivity index (χ4n) is 2.65. The highest BCUT2D eigenvalue weighted by molar-refractivity contribution is 6.03. The fraction of sp³-hybridized carbons (Fsp3) is 0.150. The predicted octanol–water partition coefficient (Wildman–Crippen LogP) is 3.01. The summed E-state index contributed by atoms with van der Waals surface area (Å²) in [6.45, 7) is 1.84. The predicted molar refractivity (Wildman–Crippen MR) is 107 cm³/mol. The Bertz CT molecular complexity index is 1060. The molecule has 0 radical (unpaired) electrons. The number of rotatable bonds is 6. The lowest BCUT2D eigenvalue weighted by Crippen LogP contribution is -2.24. The summed E-state index contributed by atoms with van der Waals surface area (Å²) in [6, 6.07) is 14.6. The van der Waals surface area contributed by atoms with Gasteiger partial charge in [-0.15, -0.1) is 0 Å². The number of carbonyl (C=O) groups excluding carboxylic acids is 2. The van der Waals surface area contributed by atoms with E-state index in [4.69, 9.17) is 0 Å². The maximum absolute atomic E-state index is 12.6. The van der Waals surface area contributed by atoms with Gasteiger partial charge < -0.3 is 10.2 Å². The molecule has 0 aliphatic rings. The summed E-state index contributed by atoms with van der Waals surface area (Å²) in [5, 5.41) is 17.8. The number of nitrogens with one attached hydrogen (secondary N) is 1. The van der Waals surface area contributed by atoms with Gasteiger partial charge in [-0.05, 0) is 29.8 Å². The van der Waals surface area contributed by atoms with Gasteiger partial charge in [-0.1, -0.05) is 18.2 Å². The molecule has 148 valence electrons. The molecule has 1 N–H and O–H groups in total. The van der Waals surface area contributed by atoms with E-state index in [1.54, 1.807) is 48.5 Å². The van der Waals surface area contributed by atoms with E-state index in [1.165, 1.54) is 23.7 Å². The molecule has 2 amide bonds. The van der Waals surface area contributed by atoms with Gasteiger partial charge in [0.2, 0.25) is 5.91 Å². The van der Waals surface area contributed by atoms with Crippen molar-refractivity contribution < 1.29 is 14.5 Å². The van der Waals surface area contributed by atoms with Crippen LogP contribution in [0.3, 0.4) is 0 Å². The monoisotopic (exact) mass is 393 g/mol. The van der Waals surface area contributed by atoms with E-state index in [1.807, 2.05) is 12.1 Å². The molecule has 1 aromatic heterocycles. The molecular weight excluding hydrogens is 374 g/mol. The Balaban J connectivity index is 1.76. The molecule has 2 aromatic carbocycles. The van der Waals surface area contributed by atoms with E-state index in [0.717, 1.165) is 5.56 Å². The number of hydrogen-bond donors (Lipinski definition) is 1. The van der Waals surface area contributed by atoms with Gasteiger partial charge in [0, 0.05) is 44.5 Å². The molecule has 0 spiro atoms. The van der Waals surface area contributed by atoms with E-state index >= 15 is 0 Å². The van der Waals surface area contributed by atoms with Crippen LogP contribution in [0.5, 0.6) is 0 Å². The molecule has 0 aliphatic carbocycles. The Kier molecular flexibility index (Phi) is 5.68. The van der Waals surface area contributed by atoms with Gasteiger partial charge in [0.05, 0.1) is 10.6 Å². The number of nitrogens with zero attached hydrogens (tertiary/aromatic N) is 4. The lowest BCUT2D eigenvalue weighted by Gasteiger charge is -2.17. The molecule has 1 heterocycles. The van der Waals surface area contributed by atoms with Crippen LogP contribution in [0.25, 0.3) is 5.69 Å². The molecule has 3 aromatic rings. The molecule has 0 bridgehead atoms. The van der Waals surface area contributed by atoms with Crippen LogP contribution >= 0.6 is 0 Å². The molecule has 9 nitrogen and oxygen atoms in total. The summed E-state index contributed by atoms with van der Waals surface area (Å²) in [5.74, 6) is -0.475. The van der Waals surface area contributed by atoms with Crippen LogP contribution in [0.2, 0.25) is 0 Å². The Hall–Kier alpha value is -4.01. The number of nitro benzene ring substituents is 1. The Morgan fingerprint density at radius 1 is 1.14 bits per heavy atom. The van der Waals surface area contributed by atoms with Crippen LogP contribution in [0, 0.1) is 10.1 Å². The number of anilines is 1. The Morgan fingerprint density at radius 2 is 1.83 bits per heavy atom. The first-order valence-electron chi connectivity index (χ1n) is 8.76. The number of non-ortho nitro benzene ring substituents is 1. The van der Waals surface area contributed by atoms with Crippen LogP contribution in [0.15, 0.2) is 60.8 Å². The van der Waals surface area contributed by atoms with Crippen molar-refractivity contribution in [3.05, 3.63) is 82.2 Å². The summed E-state index contributed by atoms with van der Waals surface area (Å²) < 4.78 is 1.47. The number of aromatic nitrogens is 2. The fourth-order valence-corrected chi connectivity index (χ4v) is 2.65. The van der Waals surface area contributed by atoms with E-state index in [2.05, 4.69) is 10.4 Å². The van der Waals surface area contributed by atoms with Crippen LogP contribution in [0.4, 0.5) is 11.4 Å². The highest BCUT2D eigenvalue weighted by atomic mass is 16.6. The van der Waals surface area contributed by atoms with Crippen LogP contribution < -0.4 is 5.32 Å². The van der Waals surface area contributed by atoms with Crippen molar-refractivity contribution in [1.82, 2.24) is 14.7 Å². The summed E-state index contributed by atoms with van der Waals surface area (Å²) >= 11 is 0. The van der Waals surface area contributed by atoms with Gasteiger partial charge in [-0.2, -0.15) is 5.10 Å². The second-order valence-corrected chi connectivity index (χ2v) is 6.41. The van der Waals surface area contributed by atoms with Crippen LogP contribution in [-0.2, 0) is 11.3 Å². The third kappa shape index (κ3) is 4.64. The summed E-state index contributed by atoms with van der Waals surface area (Å²) in [5.41, 5.74) is 2.16. The van der Waals surface area contributed by atoms with E-state index in [9.17, 15) is 19.7 Å². The van der Waals surface area contributed by atoms with Crippen LogP contribution in [0.1, 0.15) is 23.0 Å². The number of nitro groups is 1. The average Bonchev–Trinajstić information content (AvgIpc) is 3.20. The number of amides is 2. The number of carbonyl (C=O) groups is 2. The molecule has 3 rings (SSSR count). The van der Waals surface area contributed by atoms with Gasteiger partial charge >= 0.3 is 0 Å². The van der Waals surface area contributed by atoms with Crippen molar-refractivity contribution in [1.29, 1.82) is 0 Å². The first-order chi connectivity index (χ1) is 13.8. The minimum absolute atomic E-state index is 0.0222. The van der Waals surface area contributed by atoms with Gasteiger partial charge in [-0.3, -0.25) is 19.7 Å². The second-order valence-electron chi connectivity index (χ2n) is 6.41. The first-order valence-corrected chi connectivity index (χ1v) is 8.76. The maximum Gasteiger partial charge on any atom is 0.276 e. The van der Waals surface area contributed by atoms with Gasteiger partial charge in [0.15, 0.2) is 5.69 Å². The van der Waals surface area contributed by atoms with E-state index < -0.39 is 10.8 Å². The highest BCUT2D eigenvalue weighted by Gasteiger charge is 2.14. The van der Waals surface area contributed by atoms with Crippen LogP contribution in [-0.4, -0.2) is 38.5 Å². The molecule has 0 aliphatic heterocycles. The number of benzene rings is 2. The Labute approximate surface area is 166 Å². The van der Waals surface area contributed by atoms with Gasteiger partial charge in [-0.25, -0.2) is 4.68 Å². The minimum Gasteiger partial charge on any atom is -0.342 e. The number of para-hydroxylation sites is 1. The lowest BCUT2D eigenvalue weighted by molar-refractivity contribution is -0.384. The number of hydrogen-bond acceptors (Lipinski definition) is 5. The molecule has 0 unspecified atom stereocenters. The van der Waals surface area contributed by atoms with Crippen molar-refractivity contribution in [2.45, 2.75) is 13.5 Å². The molecule has 0 fully saturated rings. The summed E-state index contributed by atoms with van der Waals surface area (Å²) in [6.07, 6.45) is 1.60. The molecule has 29 heavy (non-hydrogen) atoms. The maximum atomic E-state index is 12.6. The highest BCUT2D eigenvalue weighted by Crippen LogP contribution is 2.19. The zero-order chi connectivity index (χ0) is 21.0. The van der Waals surface area contributed by atoms with Crippen molar-refractivity contribution in [3.8, 4) is 5.69 Å². The largest absolute Gasteiger partial charge is 0.342 e. The summed E-state index contributed by atoms with van der Waals surface area (Å²) in [7, 11) is 1.69. The quantitative estimate of drug-likeness (QED) is 0.511. The first kappa shape index (κ1) is 19.7. The Morgan fingerprint density at radius 3 is 2.48 bits per heavy atom. The van der Waals surface area contributed by atoms with Gasteiger partial charge in [0.1, 0.15) is 0 Å². The van der Waals surface area contributed by atoms with Crippen molar-refractivity contribution in [3.63, 3.8) is 0 Å². The molecule has 0 saturated heterocycles. The molecule has 0 atom stereocenters. The zero-order valence-corrected chi connectivity index (χ0v) is 15.9. The smallest absolute Gasteiger partial charge is 0.276 e. The van der Waals surface area contributed by atoms with Gasteiger partial charge in [0.25, 0.3) is 11.6 Å².